The second kappa shape index (κ2) is 9.39. The number of benzene rings is 2. The summed E-state index contributed by atoms with van der Waals surface area (Å²) in [5.41, 5.74) is 4.13. The van der Waals surface area contributed by atoms with Gasteiger partial charge < -0.3 is 4.74 Å². The van der Waals surface area contributed by atoms with Crippen molar-refractivity contribution in [2.45, 2.75) is 38.7 Å². The summed E-state index contributed by atoms with van der Waals surface area (Å²) in [5.74, 6) is 0.825. The lowest BCUT2D eigenvalue weighted by Gasteiger charge is -2.06. The van der Waals surface area contributed by atoms with Crippen molar-refractivity contribution in [1.29, 1.82) is 5.26 Å². The Hall–Kier alpha value is -2.42. The minimum absolute atomic E-state index is 0.535. The number of fused-ring (bicyclic) bond motifs is 1. The molecule has 3 aromatic rings. The number of halogens is 1. The van der Waals surface area contributed by atoms with Crippen molar-refractivity contribution in [3.63, 3.8) is 0 Å². The molecule has 0 fully saturated rings. The van der Waals surface area contributed by atoms with E-state index in [2.05, 4.69) is 27.0 Å². The van der Waals surface area contributed by atoms with Crippen LogP contribution in [0.1, 0.15) is 46.4 Å². The molecule has 0 amide bonds. The summed E-state index contributed by atoms with van der Waals surface area (Å²) in [6, 6.07) is 18.4. The Balaban J connectivity index is 1.43. The lowest BCUT2D eigenvalue weighted by Crippen LogP contribution is -1.95. The number of aryl methyl sites for hydroxylation is 1. The average Bonchev–Trinajstić information content (AvgIpc) is 2.91. The number of aliphatic imine (C=N–C) groups is 1. The van der Waals surface area contributed by atoms with Gasteiger partial charge in [0.05, 0.1) is 5.56 Å². The molecule has 146 valence electrons. The molecule has 0 saturated heterocycles. The van der Waals surface area contributed by atoms with E-state index in [-0.39, 0.29) is 0 Å². The fourth-order valence-electron chi connectivity index (χ4n) is 3.47. The quantitative estimate of drug-likeness (QED) is 0.301. The van der Waals surface area contributed by atoms with E-state index in [4.69, 9.17) is 4.74 Å². The van der Waals surface area contributed by atoms with E-state index in [1.807, 2.05) is 54.7 Å². The van der Waals surface area contributed by atoms with Crippen molar-refractivity contribution in [3.8, 4) is 11.8 Å². The summed E-state index contributed by atoms with van der Waals surface area (Å²) in [7, 11) is 0. The van der Waals surface area contributed by atoms with Gasteiger partial charge in [-0.3, -0.25) is 0 Å². The molecular formula is C24H21BrN2OS. The number of ether oxygens (including phenoxy) is 1. The molecule has 0 atom stereocenters. The minimum Gasteiger partial charge on any atom is -0.489 e. The molecule has 1 aromatic heterocycles. The molecule has 0 bridgehead atoms. The normalized spacial score (nSPS) is 13.7. The van der Waals surface area contributed by atoms with Crippen molar-refractivity contribution >= 4 is 38.5 Å². The fourth-order valence-corrected chi connectivity index (χ4v) is 4.91. The molecule has 0 spiro atoms. The topological polar surface area (TPSA) is 45.4 Å². The van der Waals surface area contributed by atoms with E-state index < -0.39 is 0 Å². The van der Waals surface area contributed by atoms with Crippen molar-refractivity contribution in [1.82, 2.24) is 0 Å². The van der Waals surface area contributed by atoms with Crippen LogP contribution in [-0.2, 0) is 19.4 Å². The zero-order valence-electron chi connectivity index (χ0n) is 16.0. The lowest BCUT2D eigenvalue weighted by molar-refractivity contribution is 0.306. The van der Waals surface area contributed by atoms with Crippen LogP contribution in [0.15, 0.2) is 58.0 Å². The molecule has 0 N–H and O–H groups in total. The van der Waals surface area contributed by atoms with Gasteiger partial charge in [-0.25, -0.2) is 4.99 Å². The maximum Gasteiger partial charge on any atom is 0.134 e. The Labute approximate surface area is 183 Å². The van der Waals surface area contributed by atoms with Gasteiger partial charge in [0.2, 0.25) is 0 Å². The third-order valence-corrected chi connectivity index (χ3v) is 6.77. The van der Waals surface area contributed by atoms with Crippen molar-refractivity contribution in [2.24, 2.45) is 4.99 Å². The van der Waals surface area contributed by atoms with Gasteiger partial charge in [-0.05, 0) is 78.8 Å². The SMILES string of the molecule is N#Cc1c(N=Cc2ccc(OCc3ccc(Br)cc3)cc2)sc2c1CCCCC2. The summed E-state index contributed by atoms with van der Waals surface area (Å²) in [6.45, 7) is 0.535. The molecule has 0 unspecified atom stereocenters. The second-order valence-electron chi connectivity index (χ2n) is 7.10. The number of nitrogens with zero attached hydrogens (tertiary/aromatic N) is 2. The first-order chi connectivity index (χ1) is 14.2. The van der Waals surface area contributed by atoms with Crippen LogP contribution in [0.4, 0.5) is 5.00 Å². The first-order valence-corrected chi connectivity index (χ1v) is 11.4. The zero-order chi connectivity index (χ0) is 20.1. The molecule has 1 heterocycles. The first-order valence-electron chi connectivity index (χ1n) is 9.79. The van der Waals surface area contributed by atoms with Crippen LogP contribution in [0.3, 0.4) is 0 Å². The van der Waals surface area contributed by atoms with E-state index in [1.54, 1.807) is 11.3 Å². The number of nitriles is 1. The molecule has 29 heavy (non-hydrogen) atoms. The molecular weight excluding hydrogens is 444 g/mol. The molecule has 1 aliphatic carbocycles. The van der Waals surface area contributed by atoms with Gasteiger partial charge in [-0.2, -0.15) is 5.26 Å². The number of hydrogen-bond donors (Lipinski definition) is 0. The Bertz CT molecular complexity index is 1050. The van der Waals surface area contributed by atoms with Crippen LogP contribution in [0.5, 0.6) is 5.75 Å². The Morgan fingerprint density at radius 2 is 1.79 bits per heavy atom. The van der Waals surface area contributed by atoms with E-state index >= 15 is 0 Å². The molecule has 2 aromatic carbocycles. The van der Waals surface area contributed by atoms with Gasteiger partial charge in [0.1, 0.15) is 23.4 Å². The van der Waals surface area contributed by atoms with E-state index in [1.165, 1.54) is 29.7 Å². The summed E-state index contributed by atoms with van der Waals surface area (Å²) in [5, 5.41) is 10.5. The highest BCUT2D eigenvalue weighted by Gasteiger charge is 2.19. The smallest absolute Gasteiger partial charge is 0.134 e. The third kappa shape index (κ3) is 4.95. The number of hydrogen-bond acceptors (Lipinski definition) is 4. The molecule has 3 nitrogen and oxygen atoms in total. The predicted octanol–water partition coefficient (Wildman–Crippen LogP) is 6.98. The lowest BCUT2D eigenvalue weighted by atomic mass is 10.1. The van der Waals surface area contributed by atoms with Crippen LogP contribution in [0.2, 0.25) is 0 Å². The Kier molecular flexibility index (Phi) is 6.43. The van der Waals surface area contributed by atoms with Gasteiger partial charge in [0.25, 0.3) is 0 Å². The van der Waals surface area contributed by atoms with Crippen molar-refractivity contribution < 1.29 is 4.74 Å². The fraction of sp³-hybridized carbons (Fsp3) is 0.250. The first kappa shape index (κ1) is 19.9. The van der Waals surface area contributed by atoms with Crippen LogP contribution in [0.25, 0.3) is 0 Å². The number of thiophene rings is 1. The van der Waals surface area contributed by atoms with Crippen LogP contribution in [0, 0.1) is 11.3 Å². The summed E-state index contributed by atoms with van der Waals surface area (Å²) >= 11 is 5.12. The maximum atomic E-state index is 9.62. The van der Waals surface area contributed by atoms with E-state index in [0.717, 1.165) is 44.8 Å². The molecule has 0 saturated carbocycles. The second-order valence-corrected chi connectivity index (χ2v) is 9.10. The molecule has 0 radical (unpaired) electrons. The standard InChI is InChI=1S/C24H21BrN2OS/c25-19-10-6-18(7-11-19)16-28-20-12-8-17(9-13-20)15-27-24-22(14-26)21-4-2-1-3-5-23(21)29-24/h6-13,15H,1-5,16H2. The van der Waals surface area contributed by atoms with Gasteiger partial charge in [-0.1, -0.05) is 34.5 Å². The molecule has 4 rings (SSSR count). The van der Waals surface area contributed by atoms with Crippen molar-refractivity contribution in [2.75, 3.05) is 0 Å². The van der Waals surface area contributed by atoms with E-state index in [0.29, 0.717) is 6.61 Å². The highest BCUT2D eigenvalue weighted by molar-refractivity contribution is 9.10. The van der Waals surface area contributed by atoms with Crippen molar-refractivity contribution in [3.05, 3.63) is 80.1 Å². The highest BCUT2D eigenvalue weighted by atomic mass is 79.9. The van der Waals surface area contributed by atoms with Crippen LogP contribution in [-0.4, -0.2) is 6.21 Å². The van der Waals surface area contributed by atoms with Crippen LogP contribution < -0.4 is 4.74 Å². The predicted molar refractivity (Wildman–Crippen MR) is 122 cm³/mol. The Morgan fingerprint density at radius 3 is 2.55 bits per heavy atom. The average molecular weight is 465 g/mol. The van der Waals surface area contributed by atoms with Gasteiger partial charge in [-0.15, -0.1) is 11.3 Å². The summed E-state index contributed by atoms with van der Waals surface area (Å²) in [6.07, 6.45) is 7.56. The van der Waals surface area contributed by atoms with Gasteiger partial charge >= 0.3 is 0 Å². The zero-order valence-corrected chi connectivity index (χ0v) is 18.4. The molecule has 1 aliphatic rings. The van der Waals surface area contributed by atoms with Gasteiger partial charge in [0, 0.05) is 15.6 Å². The largest absolute Gasteiger partial charge is 0.489 e. The maximum absolute atomic E-state index is 9.62. The molecule has 0 aliphatic heterocycles. The monoisotopic (exact) mass is 464 g/mol. The van der Waals surface area contributed by atoms with Gasteiger partial charge in [0.15, 0.2) is 0 Å². The summed E-state index contributed by atoms with van der Waals surface area (Å²) in [4.78, 5) is 5.99. The van der Waals surface area contributed by atoms with E-state index in [9.17, 15) is 5.26 Å². The molecule has 5 heteroatoms. The third-order valence-electron chi connectivity index (χ3n) is 5.04. The Morgan fingerprint density at radius 1 is 1.03 bits per heavy atom. The minimum atomic E-state index is 0.535. The highest BCUT2D eigenvalue weighted by Crippen LogP contribution is 2.38. The summed E-state index contributed by atoms with van der Waals surface area (Å²) < 4.78 is 6.91. The van der Waals surface area contributed by atoms with Crippen LogP contribution >= 0.6 is 27.3 Å². The number of rotatable bonds is 5.